The first-order valence-electron chi connectivity index (χ1n) is 6.49. The normalized spacial score (nSPS) is 27.1. The van der Waals surface area contributed by atoms with Crippen LogP contribution in [0, 0.1) is 0 Å². The number of morpholine rings is 1. The van der Waals surface area contributed by atoms with Crippen molar-refractivity contribution >= 4 is 5.91 Å². The maximum atomic E-state index is 12.1. The van der Waals surface area contributed by atoms with Crippen molar-refractivity contribution in [2.45, 2.75) is 31.9 Å². The summed E-state index contributed by atoms with van der Waals surface area (Å²) < 4.78 is 10.8. The largest absolute Gasteiger partial charge is 0.378 e. The number of carbonyl (C=O) groups is 1. The van der Waals surface area contributed by atoms with Crippen LogP contribution in [0.25, 0.3) is 0 Å². The molecule has 1 amide bonds. The third-order valence-corrected chi connectivity index (χ3v) is 3.37. The molecule has 0 bridgehead atoms. The fourth-order valence-corrected chi connectivity index (χ4v) is 2.26. The molecule has 1 N–H and O–H groups in total. The zero-order valence-corrected chi connectivity index (χ0v) is 10.5. The van der Waals surface area contributed by atoms with Gasteiger partial charge in [0.2, 0.25) is 5.91 Å². The van der Waals surface area contributed by atoms with Gasteiger partial charge in [-0.1, -0.05) is 0 Å². The Balaban J connectivity index is 1.70. The second kappa shape index (κ2) is 6.33. The highest BCUT2D eigenvalue weighted by Gasteiger charge is 2.23. The van der Waals surface area contributed by atoms with E-state index in [-0.39, 0.29) is 18.1 Å². The summed E-state index contributed by atoms with van der Waals surface area (Å²) in [5, 5.41) is 3.26. The van der Waals surface area contributed by atoms with E-state index in [2.05, 4.69) is 5.32 Å². The molecule has 0 unspecified atom stereocenters. The van der Waals surface area contributed by atoms with Gasteiger partial charge in [-0.25, -0.2) is 0 Å². The summed E-state index contributed by atoms with van der Waals surface area (Å²) in [5.74, 6) is 0.172. The Hall–Kier alpha value is -0.650. The Morgan fingerprint density at radius 1 is 1.41 bits per heavy atom. The molecular formula is C12H22N2O3. The smallest absolute Gasteiger partial charge is 0.239 e. The van der Waals surface area contributed by atoms with Gasteiger partial charge in [-0.05, 0) is 19.8 Å². The van der Waals surface area contributed by atoms with E-state index in [0.29, 0.717) is 26.3 Å². The van der Waals surface area contributed by atoms with E-state index in [9.17, 15) is 4.79 Å². The molecule has 0 aromatic heterocycles. The summed E-state index contributed by atoms with van der Waals surface area (Å²) >= 11 is 0. The van der Waals surface area contributed by atoms with E-state index >= 15 is 0 Å². The number of carbonyl (C=O) groups excluding carboxylic acids is 1. The molecule has 2 heterocycles. The summed E-state index contributed by atoms with van der Waals surface area (Å²) in [6.07, 6.45) is 2.53. The van der Waals surface area contributed by atoms with Crippen LogP contribution in [0.15, 0.2) is 0 Å². The molecule has 0 aromatic rings. The number of hydrogen-bond acceptors (Lipinski definition) is 4. The molecule has 2 aliphatic rings. The van der Waals surface area contributed by atoms with Crippen molar-refractivity contribution in [1.82, 2.24) is 10.2 Å². The lowest BCUT2D eigenvalue weighted by Crippen LogP contribution is -2.50. The fourth-order valence-electron chi connectivity index (χ4n) is 2.26. The van der Waals surface area contributed by atoms with Crippen molar-refractivity contribution in [3.05, 3.63) is 0 Å². The van der Waals surface area contributed by atoms with Crippen LogP contribution in [0.5, 0.6) is 0 Å². The van der Waals surface area contributed by atoms with Crippen molar-refractivity contribution in [2.75, 3.05) is 39.5 Å². The number of nitrogens with zero attached hydrogens (tertiary/aromatic N) is 1. The van der Waals surface area contributed by atoms with Crippen molar-refractivity contribution in [3.63, 3.8) is 0 Å². The van der Waals surface area contributed by atoms with Crippen LogP contribution < -0.4 is 5.32 Å². The highest BCUT2D eigenvalue weighted by molar-refractivity contribution is 5.81. The van der Waals surface area contributed by atoms with E-state index in [1.807, 2.05) is 11.8 Å². The molecule has 0 aliphatic carbocycles. The van der Waals surface area contributed by atoms with Crippen molar-refractivity contribution in [3.8, 4) is 0 Å². The average Bonchev–Trinajstić information content (AvgIpc) is 2.89. The van der Waals surface area contributed by atoms with Crippen LogP contribution >= 0.6 is 0 Å². The van der Waals surface area contributed by atoms with Gasteiger partial charge >= 0.3 is 0 Å². The molecule has 0 spiro atoms. The second-order valence-electron chi connectivity index (χ2n) is 4.70. The van der Waals surface area contributed by atoms with Gasteiger partial charge in [0.05, 0.1) is 25.4 Å². The first-order chi connectivity index (χ1) is 8.27. The van der Waals surface area contributed by atoms with Gasteiger partial charge in [-0.2, -0.15) is 0 Å². The predicted molar refractivity (Wildman–Crippen MR) is 63.8 cm³/mol. The zero-order valence-electron chi connectivity index (χ0n) is 10.5. The molecule has 98 valence electrons. The molecule has 0 saturated carbocycles. The van der Waals surface area contributed by atoms with E-state index in [0.717, 1.165) is 26.0 Å². The Kier molecular flexibility index (Phi) is 4.76. The predicted octanol–water partition coefficient (Wildman–Crippen LogP) is 0.00230. The van der Waals surface area contributed by atoms with Crippen molar-refractivity contribution in [1.29, 1.82) is 0 Å². The molecule has 17 heavy (non-hydrogen) atoms. The molecule has 0 aromatic carbocycles. The quantitative estimate of drug-likeness (QED) is 0.754. The summed E-state index contributed by atoms with van der Waals surface area (Å²) in [7, 11) is 0. The standard InChI is InChI=1S/C12H22N2O3/c1-10(13-9-11-3-2-6-17-11)12(15)14-4-7-16-8-5-14/h10-11,13H,2-9H2,1H3/t10-,11+/m0/s1. The van der Waals surface area contributed by atoms with Gasteiger partial charge in [0.15, 0.2) is 0 Å². The lowest BCUT2D eigenvalue weighted by atomic mass is 10.2. The zero-order chi connectivity index (χ0) is 12.1. The number of ether oxygens (including phenoxy) is 2. The van der Waals surface area contributed by atoms with E-state index < -0.39 is 0 Å². The molecule has 2 saturated heterocycles. The Morgan fingerprint density at radius 2 is 2.18 bits per heavy atom. The molecular weight excluding hydrogens is 220 g/mol. The SMILES string of the molecule is C[C@H](NC[C@H]1CCCO1)C(=O)N1CCOCC1. The molecule has 0 radical (unpaired) electrons. The van der Waals surface area contributed by atoms with Crippen LogP contribution in [-0.2, 0) is 14.3 Å². The Labute approximate surface area is 102 Å². The minimum Gasteiger partial charge on any atom is -0.378 e. The Morgan fingerprint density at radius 3 is 2.82 bits per heavy atom. The molecule has 2 rings (SSSR count). The summed E-state index contributed by atoms with van der Waals surface area (Å²) in [6.45, 7) is 6.30. The minimum atomic E-state index is -0.128. The van der Waals surface area contributed by atoms with E-state index in [1.54, 1.807) is 0 Å². The molecule has 2 atom stereocenters. The maximum absolute atomic E-state index is 12.1. The first-order valence-corrected chi connectivity index (χ1v) is 6.49. The fraction of sp³-hybridized carbons (Fsp3) is 0.917. The molecule has 5 nitrogen and oxygen atoms in total. The van der Waals surface area contributed by atoms with Crippen LogP contribution in [0.3, 0.4) is 0 Å². The highest BCUT2D eigenvalue weighted by atomic mass is 16.5. The summed E-state index contributed by atoms with van der Waals surface area (Å²) in [5.41, 5.74) is 0. The number of nitrogens with one attached hydrogen (secondary N) is 1. The summed E-state index contributed by atoms with van der Waals surface area (Å²) in [4.78, 5) is 13.9. The van der Waals surface area contributed by atoms with Crippen LogP contribution in [0.1, 0.15) is 19.8 Å². The maximum Gasteiger partial charge on any atom is 0.239 e. The summed E-state index contributed by atoms with van der Waals surface area (Å²) in [6, 6.07) is -0.128. The van der Waals surface area contributed by atoms with Gasteiger partial charge in [-0.3, -0.25) is 4.79 Å². The number of hydrogen-bond donors (Lipinski definition) is 1. The van der Waals surface area contributed by atoms with Gasteiger partial charge in [0, 0.05) is 26.2 Å². The molecule has 5 heteroatoms. The van der Waals surface area contributed by atoms with Crippen molar-refractivity contribution in [2.24, 2.45) is 0 Å². The number of rotatable bonds is 4. The van der Waals surface area contributed by atoms with Crippen molar-refractivity contribution < 1.29 is 14.3 Å². The van der Waals surface area contributed by atoms with E-state index in [1.165, 1.54) is 0 Å². The van der Waals surface area contributed by atoms with Crippen LogP contribution in [-0.4, -0.2) is 62.4 Å². The van der Waals surface area contributed by atoms with Gasteiger partial charge in [0.25, 0.3) is 0 Å². The van der Waals surface area contributed by atoms with Gasteiger partial charge < -0.3 is 19.7 Å². The first kappa shape index (κ1) is 12.8. The molecule has 2 aliphatic heterocycles. The second-order valence-corrected chi connectivity index (χ2v) is 4.70. The third kappa shape index (κ3) is 3.66. The van der Waals surface area contributed by atoms with Crippen LogP contribution in [0.2, 0.25) is 0 Å². The van der Waals surface area contributed by atoms with Gasteiger partial charge in [-0.15, -0.1) is 0 Å². The lowest BCUT2D eigenvalue weighted by Gasteiger charge is -2.29. The third-order valence-electron chi connectivity index (χ3n) is 3.37. The van der Waals surface area contributed by atoms with Crippen LogP contribution in [0.4, 0.5) is 0 Å². The minimum absolute atomic E-state index is 0.128. The van der Waals surface area contributed by atoms with Gasteiger partial charge in [0.1, 0.15) is 0 Å². The number of amides is 1. The average molecular weight is 242 g/mol. The van der Waals surface area contributed by atoms with E-state index in [4.69, 9.17) is 9.47 Å². The Bertz CT molecular complexity index is 248. The lowest BCUT2D eigenvalue weighted by molar-refractivity contribution is -0.137. The highest BCUT2D eigenvalue weighted by Crippen LogP contribution is 2.11. The topological polar surface area (TPSA) is 50.8 Å². The monoisotopic (exact) mass is 242 g/mol. The molecule has 2 fully saturated rings.